The van der Waals surface area contributed by atoms with Crippen LogP contribution in [0.5, 0.6) is 0 Å². The maximum atomic E-state index is 10.7. The summed E-state index contributed by atoms with van der Waals surface area (Å²) in [6, 6.07) is 5.48. The highest BCUT2D eigenvalue weighted by Crippen LogP contribution is 2.26. The Morgan fingerprint density at radius 1 is 1.56 bits per heavy atom. The highest BCUT2D eigenvalue weighted by Gasteiger charge is 2.09. The predicted octanol–water partition coefficient (Wildman–Crippen LogP) is 3.87. The summed E-state index contributed by atoms with van der Waals surface area (Å²) in [7, 11) is 0. The summed E-state index contributed by atoms with van der Waals surface area (Å²) in [4.78, 5) is 14.7. The number of halogens is 2. The van der Waals surface area contributed by atoms with Crippen LogP contribution in [0.25, 0.3) is 0 Å². The number of hydrogen-bond donors (Lipinski definition) is 2. The third kappa shape index (κ3) is 3.22. The van der Waals surface area contributed by atoms with E-state index in [1.807, 2.05) is 12.1 Å². The van der Waals surface area contributed by atoms with Gasteiger partial charge in [0.2, 0.25) is 5.01 Å². The number of carboxylic acid groups (broad SMARTS) is 1. The standard InChI is InChI=1S/C11H8BrClN2O2S/c12-6-1-2-8(13)9(3-6)14-4-7-5-18-10(15-7)11(16)17/h1-3,5,14H,4H2,(H,16,17). The first kappa shape index (κ1) is 13.3. The smallest absolute Gasteiger partial charge is 0.365 e. The van der Waals surface area contributed by atoms with E-state index in [-0.39, 0.29) is 5.01 Å². The average molecular weight is 348 g/mol. The van der Waals surface area contributed by atoms with Crippen molar-refractivity contribution in [3.63, 3.8) is 0 Å². The van der Waals surface area contributed by atoms with Gasteiger partial charge in [0.25, 0.3) is 0 Å². The van der Waals surface area contributed by atoms with E-state index in [0.717, 1.165) is 21.5 Å². The van der Waals surface area contributed by atoms with Gasteiger partial charge in [-0.1, -0.05) is 27.5 Å². The molecule has 0 aliphatic heterocycles. The van der Waals surface area contributed by atoms with Gasteiger partial charge in [0.15, 0.2) is 0 Å². The number of carboxylic acids is 1. The van der Waals surface area contributed by atoms with Crippen LogP contribution in [-0.4, -0.2) is 16.1 Å². The highest BCUT2D eigenvalue weighted by molar-refractivity contribution is 9.10. The number of aromatic nitrogens is 1. The number of benzene rings is 1. The third-order valence-electron chi connectivity index (χ3n) is 2.12. The normalized spacial score (nSPS) is 10.3. The molecule has 0 amide bonds. The van der Waals surface area contributed by atoms with E-state index in [2.05, 4.69) is 26.2 Å². The minimum absolute atomic E-state index is 0.0899. The second kappa shape index (κ2) is 5.69. The molecule has 0 fully saturated rings. The van der Waals surface area contributed by atoms with Gasteiger partial charge >= 0.3 is 5.97 Å². The van der Waals surface area contributed by atoms with E-state index in [0.29, 0.717) is 17.3 Å². The second-order valence-corrected chi connectivity index (χ2v) is 5.61. The van der Waals surface area contributed by atoms with E-state index in [4.69, 9.17) is 16.7 Å². The van der Waals surface area contributed by atoms with Crippen LogP contribution in [-0.2, 0) is 6.54 Å². The van der Waals surface area contributed by atoms with Gasteiger partial charge in [0.05, 0.1) is 22.9 Å². The Morgan fingerprint density at radius 2 is 2.33 bits per heavy atom. The molecule has 2 N–H and O–H groups in total. The van der Waals surface area contributed by atoms with Crippen molar-refractivity contribution in [3.8, 4) is 0 Å². The zero-order valence-electron chi connectivity index (χ0n) is 8.98. The summed E-state index contributed by atoms with van der Waals surface area (Å²) in [6.45, 7) is 0.431. The van der Waals surface area contributed by atoms with Crippen LogP contribution < -0.4 is 5.32 Å². The van der Waals surface area contributed by atoms with Crippen molar-refractivity contribution >= 4 is 50.5 Å². The van der Waals surface area contributed by atoms with Crippen LogP contribution in [0.1, 0.15) is 15.5 Å². The minimum atomic E-state index is -1.01. The van der Waals surface area contributed by atoms with Crippen molar-refractivity contribution in [2.75, 3.05) is 5.32 Å². The lowest BCUT2D eigenvalue weighted by Gasteiger charge is -2.07. The van der Waals surface area contributed by atoms with Crippen LogP contribution in [0.3, 0.4) is 0 Å². The molecule has 1 aromatic heterocycles. The van der Waals surface area contributed by atoms with Crippen LogP contribution in [0.15, 0.2) is 28.1 Å². The average Bonchev–Trinajstić information content (AvgIpc) is 2.79. The van der Waals surface area contributed by atoms with Crippen molar-refractivity contribution in [1.82, 2.24) is 4.98 Å². The molecule has 0 spiro atoms. The highest BCUT2D eigenvalue weighted by atomic mass is 79.9. The van der Waals surface area contributed by atoms with Crippen molar-refractivity contribution in [2.24, 2.45) is 0 Å². The SMILES string of the molecule is O=C(O)c1nc(CNc2cc(Br)ccc2Cl)cs1. The molecule has 94 valence electrons. The molecule has 0 unspecified atom stereocenters. The molecule has 0 aliphatic rings. The molecule has 0 atom stereocenters. The molecule has 0 saturated carbocycles. The topological polar surface area (TPSA) is 62.2 Å². The summed E-state index contributed by atoms with van der Waals surface area (Å²) >= 11 is 10.5. The fourth-order valence-electron chi connectivity index (χ4n) is 1.31. The maximum Gasteiger partial charge on any atom is 0.365 e. The van der Waals surface area contributed by atoms with Crippen molar-refractivity contribution in [3.05, 3.63) is 43.8 Å². The monoisotopic (exact) mass is 346 g/mol. The number of anilines is 1. The predicted molar refractivity (Wildman–Crippen MR) is 75.6 cm³/mol. The lowest BCUT2D eigenvalue weighted by atomic mass is 10.3. The van der Waals surface area contributed by atoms with E-state index in [1.54, 1.807) is 11.4 Å². The first-order valence-corrected chi connectivity index (χ1v) is 6.98. The number of aromatic carboxylic acids is 1. The lowest BCUT2D eigenvalue weighted by Crippen LogP contribution is -2.02. The summed E-state index contributed by atoms with van der Waals surface area (Å²) < 4.78 is 0.916. The Hall–Kier alpha value is -1.11. The van der Waals surface area contributed by atoms with Gasteiger partial charge in [0, 0.05) is 9.85 Å². The molecule has 2 rings (SSSR count). The first-order chi connectivity index (χ1) is 8.56. The van der Waals surface area contributed by atoms with Crippen molar-refractivity contribution in [2.45, 2.75) is 6.54 Å². The maximum absolute atomic E-state index is 10.7. The zero-order chi connectivity index (χ0) is 13.1. The Bertz CT molecular complexity index is 588. The molecule has 0 saturated heterocycles. The Balaban J connectivity index is 2.06. The van der Waals surface area contributed by atoms with Gasteiger partial charge in [-0.25, -0.2) is 9.78 Å². The van der Waals surface area contributed by atoms with E-state index in [1.165, 1.54) is 0 Å². The molecule has 1 heterocycles. The van der Waals surface area contributed by atoms with Crippen molar-refractivity contribution < 1.29 is 9.90 Å². The van der Waals surface area contributed by atoms with Crippen molar-refractivity contribution in [1.29, 1.82) is 0 Å². The molecule has 0 radical (unpaired) electrons. The number of rotatable bonds is 4. The lowest BCUT2D eigenvalue weighted by molar-refractivity contribution is 0.0696. The number of nitrogens with one attached hydrogen (secondary N) is 1. The molecule has 4 nitrogen and oxygen atoms in total. The molecule has 7 heteroatoms. The largest absolute Gasteiger partial charge is 0.476 e. The van der Waals surface area contributed by atoms with E-state index < -0.39 is 5.97 Å². The Morgan fingerprint density at radius 3 is 3.00 bits per heavy atom. The van der Waals surface area contributed by atoms with Crippen LogP contribution >= 0.6 is 38.9 Å². The van der Waals surface area contributed by atoms with E-state index >= 15 is 0 Å². The minimum Gasteiger partial charge on any atom is -0.476 e. The van der Waals surface area contributed by atoms with Gasteiger partial charge in [0.1, 0.15) is 0 Å². The second-order valence-electron chi connectivity index (χ2n) is 3.43. The molecule has 18 heavy (non-hydrogen) atoms. The van der Waals surface area contributed by atoms with Crippen LogP contribution in [0.4, 0.5) is 5.69 Å². The fraction of sp³-hybridized carbons (Fsp3) is 0.0909. The van der Waals surface area contributed by atoms with Gasteiger partial charge < -0.3 is 10.4 Å². The molecular formula is C11H8BrClN2O2S. The summed E-state index contributed by atoms with van der Waals surface area (Å²) in [5, 5.41) is 14.3. The zero-order valence-corrected chi connectivity index (χ0v) is 12.1. The fourth-order valence-corrected chi connectivity index (χ4v) is 2.51. The molecule has 0 aliphatic carbocycles. The van der Waals surface area contributed by atoms with Gasteiger partial charge in [-0.15, -0.1) is 11.3 Å². The number of nitrogens with zero attached hydrogens (tertiary/aromatic N) is 1. The van der Waals surface area contributed by atoms with Crippen LogP contribution in [0, 0.1) is 0 Å². The first-order valence-electron chi connectivity index (χ1n) is 4.93. The summed E-state index contributed by atoms with van der Waals surface area (Å²) in [6.07, 6.45) is 0. The number of carbonyl (C=O) groups is 1. The van der Waals surface area contributed by atoms with Crippen LogP contribution in [0.2, 0.25) is 5.02 Å². The van der Waals surface area contributed by atoms with Gasteiger partial charge in [-0.2, -0.15) is 0 Å². The summed E-state index contributed by atoms with van der Waals surface area (Å²) in [5.41, 5.74) is 1.45. The number of hydrogen-bond acceptors (Lipinski definition) is 4. The quantitative estimate of drug-likeness (QED) is 0.881. The van der Waals surface area contributed by atoms with E-state index in [9.17, 15) is 4.79 Å². The number of thiazole rings is 1. The molecule has 0 bridgehead atoms. The Labute approximate surface area is 121 Å². The Kier molecular flexibility index (Phi) is 4.21. The summed E-state index contributed by atoms with van der Waals surface area (Å²) in [5.74, 6) is -1.01. The van der Waals surface area contributed by atoms with Gasteiger partial charge in [-0.05, 0) is 18.2 Å². The third-order valence-corrected chi connectivity index (χ3v) is 3.82. The molecule has 2 aromatic rings. The molecule has 1 aromatic carbocycles. The molecular weight excluding hydrogens is 340 g/mol. The van der Waals surface area contributed by atoms with Gasteiger partial charge in [-0.3, -0.25) is 0 Å².